The summed E-state index contributed by atoms with van der Waals surface area (Å²) < 4.78 is 7.10. The van der Waals surface area contributed by atoms with Crippen LogP contribution < -0.4 is 4.74 Å². The Labute approximate surface area is 113 Å². The summed E-state index contributed by atoms with van der Waals surface area (Å²) in [5, 5.41) is 10.1. The molecule has 0 saturated heterocycles. The van der Waals surface area contributed by atoms with Crippen molar-refractivity contribution < 1.29 is 9.84 Å². The minimum atomic E-state index is -0.343. The van der Waals surface area contributed by atoms with Gasteiger partial charge in [0.2, 0.25) is 0 Å². The van der Waals surface area contributed by atoms with Crippen LogP contribution in [0.2, 0.25) is 0 Å². The summed E-state index contributed by atoms with van der Waals surface area (Å²) in [5.41, 5.74) is 1.12. The summed E-state index contributed by atoms with van der Waals surface area (Å²) in [4.78, 5) is 4.25. The molecule has 0 amide bonds. The van der Waals surface area contributed by atoms with Crippen LogP contribution in [0, 0.1) is 0 Å². The van der Waals surface area contributed by atoms with Gasteiger partial charge in [-0.1, -0.05) is 12.1 Å². The van der Waals surface area contributed by atoms with Gasteiger partial charge in [-0.2, -0.15) is 0 Å². The number of aromatic nitrogens is 2. The van der Waals surface area contributed by atoms with E-state index in [1.165, 1.54) is 0 Å². The molecule has 1 heterocycles. The van der Waals surface area contributed by atoms with Gasteiger partial charge in [-0.15, -0.1) is 0 Å². The van der Waals surface area contributed by atoms with E-state index in [2.05, 4.69) is 4.98 Å². The molecule has 0 bridgehead atoms. The van der Waals surface area contributed by atoms with Gasteiger partial charge in [0.25, 0.3) is 0 Å². The predicted octanol–water partition coefficient (Wildman–Crippen LogP) is 1.96. The summed E-state index contributed by atoms with van der Waals surface area (Å²) in [6, 6.07) is 7.81. The molecule has 19 heavy (non-hydrogen) atoms. The lowest BCUT2D eigenvalue weighted by atomic mass is 10.0. The van der Waals surface area contributed by atoms with Gasteiger partial charge < -0.3 is 14.4 Å². The highest BCUT2D eigenvalue weighted by atomic mass is 16.5. The number of nitrogens with zero attached hydrogens (tertiary/aromatic N) is 2. The molecule has 0 radical (unpaired) electrons. The maximum atomic E-state index is 10.1. The largest absolute Gasteiger partial charge is 0.497 e. The lowest BCUT2D eigenvalue weighted by Crippen LogP contribution is -2.13. The minimum absolute atomic E-state index is 0.343. The number of hydrogen-bond donors (Lipinski definition) is 1. The van der Waals surface area contributed by atoms with E-state index in [9.17, 15) is 5.11 Å². The fraction of sp³-hybridized carbons (Fsp3) is 0.400. The normalized spacial score (nSPS) is 12.4. The van der Waals surface area contributed by atoms with Gasteiger partial charge >= 0.3 is 0 Å². The fourth-order valence-corrected chi connectivity index (χ4v) is 2.07. The molecular weight excluding hydrogens is 240 g/mol. The SMILES string of the molecule is COc1ccc(CC(O)CCc2nccn2C)cc1. The Morgan fingerprint density at radius 1 is 1.32 bits per heavy atom. The number of aliphatic hydroxyl groups is 1. The maximum absolute atomic E-state index is 10.1. The number of rotatable bonds is 6. The third kappa shape index (κ3) is 3.83. The number of hydrogen-bond acceptors (Lipinski definition) is 3. The first-order valence-corrected chi connectivity index (χ1v) is 6.46. The van der Waals surface area contributed by atoms with Crippen molar-refractivity contribution in [3.05, 3.63) is 48.0 Å². The number of aryl methyl sites for hydroxylation is 2. The molecule has 1 N–H and O–H groups in total. The zero-order valence-corrected chi connectivity index (χ0v) is 11.4. The summed E-state index contributed by atoms with van der Waals surface area (Å²) in [6.45, 7) is 0. The Morgan fingerprint density at radius 3 is 2.63 bits per heavy atom. The van der Waals surface area contributed by atoms with Gasteiger partial charge in [0.15, 0.2) is 0 Å². The van der Waals surface area contributed by atoms with Gasteiger partial charge in [0.05, 0.1) is 13.2 Å². The Balaban J connectivity index is 1.83. The number of aliphatic hydroxyl groups excluding tert-OH is 1. The Hall–Kier alpha value is -1.81. The average molecular weight is 260 g/mol. The second kappa shape index (κ2) is 6.38. The van der Waals surface area contributed by atoms with Crippen LogP contribution in [0.1, 0.15) is 17.8 Å². The molecule has 0 fully saturated rings. The second-order valence-corrected chi connectivity index (χ2v) is 4.70. The van der Waals surface area contributed by atoms with Gasteiger partial charge in [-0.3, -0.25) is 0 Å². The molecular formula is C15H20N2O2. The van der Waals surface area contributed by atoms with Crippen LogP contribution >= 0.6 is 0 Å². The predicted molar refractivity (Wildman–Crippen MR) is 74.2 cm³/mol. The summed E-state index contributed by atoms with van der Waals surface area (Å²) in [5.74, 6) is 1.85. The van der Waals surface area contributed by atoms with Gasteiger partial charge in [0, 0.05) is 25.9 Å². The van der Waals surface area contributed by atoms with Crippen molar-refractivity contribution >= 4 is 0 Å². The van der Waals surface area contributed by atoms with E-state index in [0.29, 0.717) is 6.42 Å². The molecule has 0 spiro atoms. The second-order valence-electron chi connectivity index (χ2n) is 4.70. The molecule has 1 aromatic heterocycles. The molecule has 0 aliphatic carbocycles. The Bertz CT molecular complexity index is 505. The molecule has 1 atom stereocenters. The van der Waals surface area contributed by atoms with E-state index in [4.69, 9.17) is 4.74 Å². The molecule has 0 saturated carbocycles. The number of imidazole rings is 1. The molecule has 102 valence electrons. The zero-order chi connectivity index (χ0) is 13.7. The van der Waals surface area contributed by atoms with Crippen LogP contribution in [0.3, 0.4) is 0 Å². The molecule has 0 aliphatic rings. The van der Waals surface area contributed by atoms with Crippen molar-refractivity contribution in [1.29, 1.82) is 0 Å². The van der Waals surface area contributed by atoms with Gasteiger partial charge in [-0.25, -0.2) is 4.98 Å². The maximum Gasteiger partial charge on any atom is 0.118 e. The Morgan fingerprint density at radius 2 is 2.05 bits per heavy atom. The molecule has 4 nitrogen and oxygen atoms in total. The van der Waals surface area contributed by atoms with Crippen LogP contribution in [0.4, 0.5) is 0 Å². The van der Waals surface area contributed by atoms with Gasteiger partial charge in [0.1, 0.15) is 11.6 Å². The number of methoxy groups -OCH3 is 1. The first kappa shape index (κ1) is 13.6. The van der Waals surface area contributed by atoms with Crippen molar-refractivity contribution in [3.8, 4) is 5.75 Å². The standard InChI is InChI=1S/C15H20N2O2/c1-17-10-9-16-15(17)8-5-13(18)11-12-3-6-14(19-2)7-4-12/h3-4,6-7,9-10,13,18H,5,8,11H2,1-2H3. The number of ether oxygens (including phenoxy) is 1. The van der Waals surface area contributed by atoms with E-state index in [-0.39, 0.29) is 6.10 Å². The summed E-state index contributed by atoms with van der Waals surface area (Å²) >= 11 is 0. The third-order valence-corrected chi connectivity index (χ3v) is 3.25. The molecule has 2 rings (SSSR count). The first-order valence-electron chi connectivity index (χ1n) is 6.46. The highest BCUT2D eigenvalue weighted by Gasteiger charge is 2.08. The quantitative estimate of drug-likeness (QED) is 0.863. The fourth-order valence-electron chi connectivity index (χ4n) is 2.07. The van der Waals surface area contributed by atoms with E-state index >= 15 is 0 Å². The summed E-state index contributed by atoms with van der Waals surface area (Å²) in [6.07, 6.45) is 5.53. The Kier molecular flexibility index (Phi) is 4.58. The molecule has 4 heteroatoms. The third-order valence-electron chi connectivity index (χ3n) is 3.25. The van der Waals surface area contributed by atoms with E-state index in [1.807, 2.05) is 42.1 Å². The van der Waals surface area contributed by atoms with Crippen molar-refractivity contribution in [2.75, 3.05) is 7.11 Å². The highest BCUT2D eigenvalue weighted by molar-refractivity contribution is 5.27. The topological polar surface area (TPSA) is 47.3 Å². The smallest absolute Gasteiger partial charge is 0.118 e. The molecule has 2 aromatic rings. The zero-order valence-electron chi connectivity index (χ0n) is 11.4. The van der Waals surface area contributed by atoms with Crippen LogP contribution in [-0.4, -0.2) is 27.9 Å². The minimum Gasteiger partial charge on any atom is -0.497 e. The monoisotopic (exact) mass is 260 g/mol. The lowest BCUT2D eigenvalue weighted by Gasteiger charge is -2.11. The van der Waals surface area contributed by atoms with E-state index in [0.717, 1.165) is 30.0 Å². The van der Waals surface area contributed by atoms with Crippen LogP contribution in [-0.2, 0) is 19.9 Å². The molecule has 0 aliphatic heterocycles. The van der Waals surface area contributed by atoms with E-state index in [1.54, 1.807) is 13.3 Å². The van der Waals surface area contributed by atoms with E-state index < -0.39 is 0 Å². The number of benzene rings is 1. The molecule has 1 unspecified atom stereocenters. The lowest BCUT2D eigenvalue weighted by molar-refractivity contribution is 0.164. The summed E-state index contributed by atoms with van der Waals surface area (Å²) in [7, 11) is 3.62. The van der Waals surface area contributed by atoms with Crippen LogP contribution in [0.25, 0.3) is 0 Å². The van der Waals surface area contributed by atoms with Crippen molar-refractivity contribution in [2.24, 2.45) is 7.05 Å². The average Bonchev–Trinajstić information content (AvgIpc) is 2.83. The first-order chi connectivity index (χ1) is 9.19. The van der Waals surface area contributed by atoms with Crippen LogP contribution in [0.15, 0.2) is 36.7 Å². The van der Waals surface area contributed by atoms with Crippen LogP contribution in [0.5, 0.6) is 5.75 Å². The van der Waals surface area contributed by atoms with Crippen molar-refractivity contribution in [3.63, 3.8) is 0 Å². The highest BCUT2D eigenvalue weighted by Crippen LogP contribution is 2.14. The van der Waals surface area contributed by atoms with Crippen molar-refractivity contribution in [1.82, 2.24) is 9.55 Å². The van der Waals surface area contributed by atoms with Gasteiger partial charge in [-0.05, 0) is 30.5 Å². The van der Waals surface area contributed by atoms with Crippen molar-refractivity contribution in [2.45, 2.75) is 25.4 Å². The molecule has 1 aromatic carbocycles.